The molecule has 0 amide bonds. The van der Waals surface area contributed by atoms with Crippen LogP contribution < -0.4 is 0 Å². The Kier molecular flexibility index (Phi) is 11.3. The first-order valence-electron chi connectivity index (χ1n) is 24.6. The highest BCUT2D eigenvalue weighted by molar-refractivity contribution is 6.13. The molecule has 0 unspecified atom stereocenters. The van der Waals surface area contributed by atoms with Crippen molar-refractivity contribution in [3.05, 3.63) is 166 Å². The number of alkyl halides is 3. The quantitative estimate of drug-likeness (QED) is 0.147. The first kappa shape index (κ1) is 48.2. The van der Waals surface area contributed by atoms with Gasteiger partial charge in [0.25, 0.3) is 0 Å². The van der Waals surface area contributed by atoms with Gasteiger partial charge in [-0.25, -0.2) is 59.8 Å². The van der Waals surface area contributed by atoms with E-state index in [1.165, 1.54) is 6.07 Å². The molecular weight excluding hydrogens is 976 g/mol. The minimum absolute atomic E-state index is 0.0455. The second-order valence-electron chi connectivity index (χ2n) is 19.1. The molecule has 0 saturated heterocycles. The molecule has 6 aromatic heterocycles. The molecule has 6 heterocycles. The number of nitrogens with zero attached hydrogens (tertiary/aromatic N) is 15. The van der Waals surface area contributed by atoms with Gasteiger partial charge in [-0.1, -0.05) is 60.7 Å². The van der Waals surface area contributed by atoms with E-state index < -0.39 is 11.7 Å². The number of rotatable bonds is 7. The van der Waals surface area contributed by atoms with Crippen molar-refractivity contribution >= 4 is 43.6 Å². The van der Waals surface area contributed by atoms with Crippen LogP contribution in [0.1, 0.15) is 63.3 Å². The van der Waals surface area contributed by atoms with Crippen LogP contribution in [0.2, 0.25) is 0 Å². The Bertz CT molecular complexity index is 3990. The lowest BCUT2D eigenvalue weighted by Crippen LogP contribution is -2.10. The predicted molar refractivity (Wildman–Crippen MR) is 288 cm³/mol. The Labute approximate surface area is 438 Å². The summed E-state index contributed by atoms with van der Waals surface area (Å²) in [6, 6.07) is 33.5. The highest BCUT2D eigenvalue weighted by Crippen LogP contribution is 2.45. The van der Waals surface area contributed by atoms with Crippen LogP contribution in [0.3, 0.4) is 0 Å². The van der Waals surface area contributed by atoms with Crippen molar-refractivity contribution in [3.8, 4) is 74.1 Å². The zero-order valence-corrected chi connectivity index (χ0v) is 43.2. The zero-order chi connectivity index (χ0) is 53.8. The van der Waals surface area contributed by atoms with Gasteiger partial charge < -0.3 is 9.13 Å². The zero-order valence-electron chi connectivity index (χ0n) is 43.2. The van der Waals surface area contributed by atoms with Crippen molar-refractivity contribution in [2.75, 3.05) is 0 Å². The van der Waals surface area contributed by atoms with Crippen molar-refractivity contribution in [3.63, 3.8) is 0 Å². The minimum atomic E-state index is -4.76. The van der Waals surface area contributed by atoms with E-state index in [1.54, 1.807) is 80.5 Å². The Balaban J connectivity index is 1.27. The van der Waals surface area contributed by atoms with Crippen molar-refractivity contribution < 1.29 is 13.2 Å². The van der Waals surface area contributed by atoms with E-state index in [1.807, 2.05) is 81.9 Å². The molecule has 12 rings (SSSR count). The average molecular weight is 1020 g/mol. The number of halogens is 3. The summed E-state index contributed by atoms with van der Waals surface area (Å²) < 4.78 is 50.6. The highest BCUT2D eigenvalue weighted by atomic mass is 19.4. The highest BCUT2D eigenvalue weighted by Gasteiger charge is 2.35. The topological polar surface area (TPSA) is 188 Å². The summed E-state index contributed by atoms with van der Waals surface area (Å²) in [7, 11) is 0. The maximum atomic E-state index is 15.6. The Hall–Kier alpha value is -9.76. The van der Waals surface area contributed by atoms with Gasteiger partial charge >= 0.3 is 6.18 Å². The lowest BCUT2D eigenvalue weighted by Gasteiger charge is -2.21. The van der Waals surface area contributed by atoms with Crippen LogP contribution in [0.15, 0.2) is 103 Å². The normalized spacial score (nSPS) is 11.9. The summed E-state index contributed by atoms with van der Waals surface area (Å²) in [4.78, 5) is 55.4. The van der Waals surface area contributed by atoms with Gasteiger partial charge in [0, 0.05) is 43.8 Å². The van der Waals surface area contributed by atoms with Crippen LogP contribution in [0.5, 0.6) is 0 Å². The molecule has 12 aromatic rings. The largest absolute Gasteiger partial charge is 0.417 e. The van der Waals surface area contributed by atoms with E-state index in [0.29, 0.717) is 131 Å². The summed E-state index contributed by atoms with van der Waals surface area (Å²) >= 11 is 0. The smallest absolute Gasteiger partial charge is 0.308 e. The van der Waals surface area contributed by atoms with E-state index >= 15 is 13.2 Å². The number of benzene rings is 6. The number of aromatic nitrogens is 14. The maximum Gasteiger partial charge on any atom is 0.417 e. The van der Waals surface area contributed by atoms with Crippen LogP contribution in [-0.4, -0.2) is 68.9 Å². The van der Waals surface area contributed by atoms with Gasteiger partial charge in [0.05, 0.1) is 39.0 Å². The molecule has 6 aromatic carbocycles. The van der Waals surface area contributed by atoms with E-state index in [0.717, 1.165) is 27.6 Å². The molecule has 0 aliphatic carbocycles. The number of aryl methyl sites for hydroxylation is 9. The molecule has 0 radical (unpaired) electrons. The second kappa shape index (κ2) is 18.0. The Morgan fingerprint density at radius 2 is 0.675 bits per heavy atom. The number of fused-ring (bicyclic) bond motifs is 6. The standard InChI is InChI=1S/C59H44F3N15/c1-28-11-10-12-47(59(60,61)62)54(28)41-25-52(76-48-21-37(55-68-29(2)64-30(3)69-55)13-17-42(48)43-18-14-38(22-49(43)76)56-70-31(4)65-32(5)71-56)46(27-63)53(26-41)77-50-23-39(57-72-33(6)66-34(7)73-57)15-19-44(50)45-20-16-40(24-51(45)77)58-74-35(8)67-36(9)75-58/h10-26H,1-9H3. The summed E-state index contributed by atoms with van der Waals surface area (Å²) in [6.07, 6.45) is -4.76. The summed E-state index contributed by atoms with van der Waals surface area (Å²) in [5.74, 6) is 5.96. The Morgan fingerprint density at radius 1 is 0.377 bits per heavy atom. The third-order valence-electron chi connectivity index (χ3n) is 13.6. The van der Waals surface area contributed by atoms with Crippen molar-refractivity contribution in [2.24, 2.45) is 0 Å². The average Bonchev–Trinajstić information content (AvgIpc) is 4.03. The van der Waals surface area contributed by atoms with Gasteiger partial charge in [0.15, 0.2) is 23.3 Å². The van der Waals surface area contributed by atoms with Gasteiger partial charge in [-0.2, -0.15) is 18.4 Å². The molecule has 0 fully saturated rings. The first-order chi connectivity index (χ1) is 36.9. The van der Waals surface area contributed by atoms with Crippen molar-refractivity contribution in [2.45, 2.75) is 68.5 Å². The molecule has 15 nitrogen and oxygen atoms in total. The molecule has 0 saturated carbocycles. The fourth-order valence-corrected chi connectivity index (χ4v) is 10.6. The molecular formula is C59H44F3N15. The van der Waals surface area contributed by atoms with Gasteiger partial charge in [-0.05, 0) is 121 Å². The molecule has 0 aliphatic rings. The fourth-order valence-electron chi connectivity index (χ4n) is 10.6. The SMILES string of the molecule is Cc1nc(C)nc(-c2ccc3c4ccc(-c5nc(C)nc(C)n5)cc4n(-c4cc(-c5c(C)cccc5C(F)(F)F)cc(-n5c6cc(-c7nc(C)nc(C)n7)ccc6c6ccc(-c7nc(C)nc(C)n7)cc65)c4C#N)c3c2)n1. The fraction of sp³-hybridized carbons (Fsp3) is 0.169. The van der Waals surface area contributed by atoms with Crippen LogP contribution in [-0.2, 0) is 6.18 Å². The predicted octanol–water partition coefficient (Wildman–Crippen LogP) is 12.6. The van der Waals surface area contributed by atoms with Gasteiger partial charge in [0.2, 0.25) is 0 Å². The monoisotopic (exact) mass is 1020 g/mol. The van der Waals surface area contributed by atoms with Crippen molar-refractivity contribution in [1.29, 1.82) is 5.26 Å². The second-order valence-corrected chi connectivity index (χ2v) is 19.1. The lowest BCUT2D eigenvalue weighted by atomic mass is 9.92. The number of hydrogen-bond acceptors (Lipinski definition) is 13. The van der Waals surface area contributed by atoms with Crippen LogP contribution in [0, 0.1) is 73.6 Å². The summed E-state index contributed by atoms with van der Waals surface area (Å²) in [5.41, 5.74) is 5.58. The van der Waals surface area contributed by atoms with Gasteiger partial charge in [0.1, 0.15) is 58.2 Å². The summed E-state index contributed by atoms with van der Waals surface area (Å²) in [5, 5.41) is 15.2. The minimum Gasteiger partial charge on any atom is -0.308 e. The molecule has 0 spiro atoms. The van der Waals surface area contributed by atoms with E-state index in [-0.39, 0.29) is 16.7 Å². The maximum absolute atomic E-state index is 15.6. The molecule has 18 heteroatoms. The first-order valence-corrected chi connectivity index (χ1v) is 24.6. The van der Waals surface area contributed by atoms with E-state index in [2.05, 4.69) is 26.0 Å². The van der Waals surface area contributed by atoms with E-state index in [4.69, 9.17) is 39.9 Å². The molecule has 77 heavy (non-hydrogen) atoms. The molecule has 0 bridgehead atoms. The molecule has 0 N–H and O–H groups in total. The lowest BCUT2D eigenvalue weighted by molar-refractivity contribution is -0.137. The van der Waals surface area contributed by atoms with E-state index in [9.17, 15) is 5.26 Å². The van der Waals surface area contributed by atoms with Crippen LogP contribution >= 0.6 is 0 Å². The molecule has 376 valence electrons. The number of hydrogen-bond donors (Lipinski definition) is 0. The summed E-state index contributed by atoms with van der Waals surface area (Å²) in [6.45, 7) is 16.0. The van der Waals surface area contributed by atoms with Crippen LogP contribution in [0.25, 0.3) is 112 Å². The van der Waals surface area contributed by atoms with Gasteiger partial charge in [-0.3, -0.25) is 0 Å². The molecule has 0 atom stereocenters. The molecule has 0 aliphatic heterocycles. The number of nitriles is 1. The van der Waals surface area contributed by atoms with Gasteiger partial charge in [-0.15, -0.1) is 0 Å². The van der Waals surface area contributed by atoms with Crippen LogP contribution in [0.4, 0.5) is 13.2 Å². The Morgan fingerprint density at radius 3 is 0.948 bits per heavy atom. The van der Waals surface area contributed by atoms with Crippen molar-refractivity contribution in [1.82, 2.24) is 68.9 Å². The third kappa shape index (κ3) is 8.41. The third-order valence-corrected chi connectivity index (χ3v) is 13.6.